The van der Waals surface area contributed by atoms with Gasteiger partial charge in [-0.3, -0.25) is 4.79 Å². The molecule has 12 heteroatoms. The van der Waals surface area contributed by atoms with Crippen LogP contribution >= 0.6 is 12.4 Å². The number of nitrogens with zero attached hydrogens (tertiary/aromatic N) is 2. The van der Waals surface area contributed by atoms with E-state index in [0.29, 0.717) is 6.07 Å². The number of carboxylic acids is 1. The summed E-state index contributed by atoms with van der Waals surface area (Å²) in [6.45, 7) is 0.429. The van der Waals surface area contributed by atoms with Gasteiger partial charge in [0.25, 0.3) is 0 Å². The zero-order valence-corrected chi connectivity index (χ0v) is 18.9. The number of benzene rings is 2. The van der Waals surface area contributed by atoms with Crippen molar-refractivity contribution >= 4 is 35.0 Å². The van der Waals surface area contributed by atoms with E-state index < -0.39 is 46.6 Å². The van der Waals surface area contributed by atoms with Crippen molar-refractivity contribution in [1.82, 2.24) is 4.57 Å². The van der Waals surface area contributed by atoms with Crippen LogP contribution in [0.1, 0.15) is 10.4 Å². The number of fused-ring (bicyclic) bond motifs is 1. The van der Waals surface area contributed by atoms with Crippen molar-refractivity contribution < 1.29 is 32.5 Å². The molecule has 1 saturated heterocycles. The number of methoxy groups -OCH3 is 2. The SMILES string of the molecule is COc1c(N2C[C@@H](N)[C@@H](OC)C2)c(F)cc2c(=O)c(C(=O)O)cn(-c3ccc(F)cc3F)c12.Cl. The highest BCUT2D eigenvalue weighted by molar-refractivity contribution is 5.98. The zero-order chi connectivity index (χ0) is 24.0. The fourth-order valence-electron chi connectivity index (χ4n) is 4.15. The monoisotopic (exact) mass is 499 g/mol. The molecule has 3 aromatic rings. The molecule has 0 aliphatic carbocycles. The third-order valence-corrected chi connectivity index (χ3v) is 5.70. The Morgan fingerprint density at radius 2 is 1.85 bits per heavy atom. The van der Waals surface area contributed by atoms with Crippen molar-refractivity contribution in [3.63, 3.8) is 0 Å². The normalized spacial score (nSPS) is 17.6. The lowest BCUT2D eigenvalue weighted by Crippen LogP contribution is -2.34. The summed E-state index contributed by atoms with van der Waals surface area (Å²) in [6.07, 6.45) is 0.511. The van der Waals surface area contributed by atoms with Crippen molar-refractivity contribution in [3.8, 4) is 11.4 Å². The number of hydrogen-bond acceptors (Lipinski definition) is 6. The van der Waals surface area contributed by atoms with Gasteiger partial charge in [-0.15, -0.1) is 12.4 Å². The second kappa shape index (κ2) is 9.53. The van der Waals surface area contributed by atoms with Crippen LogP contribution in [0.5, 0.6) is 5.75 Å². The highest BCUT2D eigenvalue weighted by Crippen LogP contribution is 2.40. The zero-order valence-electron chi connectivity index (χ0n) is 18.0. The first-order chi connectivity index (χ1) is 15.7. The minimum atomic E-state index is -1.59. The highest BCUT2D eigenvalue weighted by Gasteiger charge is 2.35. The Kier molecular flexibility index (Phi) is 7.10. The first-order valence-electron chi connectivity index (χ1n) is 9.85. The molecule has 1 fully saturated rings. The minimum Gasteiger partial charge on any atom is -0.492 e. The van der Waals surface area contributed by atoms with Crippen LogP contribution in [0.15, 0.2) is 35.3 Å². The number of ether oxygens (including phenoxy) is 2. The Hall–Kier alpha value is -3.28. The Morgan fingerprint density at radius 1 is 1.15 bits per heavy atom. The summed E-state index contributed by atoms with van der Waals surface area (Å²) in [5.41, 5.74) is 3.99. The number of aromatic nitrogens is 1. The van der Waals surface area contributed by atoms with E-state index in [2.05, 4.69) is 0 Å². The van der Waals surface area contributed by atoms with E-state index in [1.54, 1.807) is 4.90 Å². The summed E-state index contributed by atoms with van der Waals surface area (Å²) in [5, 5.41) is 9.15. The summed E-state index contributed by atoms with van der Waals surface area (Å²) in [5.74, 6) is -4.45. The third-order valence-electron chi connectivity index (χ3n) is 5.70. The van der Waals surface area contributed by atoms with Gasteiger partial charge in [0.05, 0.1) is 30.3 Å². The van der Waals surface area contributed by atoms with E-state index >= 15 is 4.39 Å². The van der Waals surface area contributed by atoms with Gasteiger partial charge in [0, 0.05) is 32.5 Å². The fourth-order valence-corrected chi connectivity index (χ4v) is 4.15. The van der Waals surface area contributed by atoms with Crippen LogP contribution in [0, 0.1) is 17.5 Å². The average molecular weight is 500 g/mol. The van der Waals surface area contributed by atoms with Crippen molar-refractivity contribution in [2.75, 3.05) is 32.2 Å². The third kappa shape index (κ3) is 4.06. The molecule has 1 aliphatic rings. The number of anilines is 1. The van der Waals surface area contributed by atoms with Gasteiger partial charge in [-0.05, 0) is 18.2 Å². The van der Waals surface area contributed by atoms with Crippen LogP contribution in [0.25, 0.3) is 16.6 Å². The van der Waals surface area contributed by atoms with E-state index in [9.17, 15) is 23.5 Å². The second-order valence-electron chi connectivity index (χ2n) is 7.62. The summed E-state index contributed by atoms with van der Waals surface area (Å²) >= 11 is 0. The fraction of sp³-hybridized carbons (Fsp3) is 0.273. The smallest absolute Gasteiger partial charge is 0.341 e. The molecule has 0 amide bonds. The van der Waals surface area contributed by atoms with Gasteiger partial charge in [0.1, 0.15) is 28.4 Å². The Morgan fingerprint density at radius 3 is 2.41 bits per heavy atom. The topological polar surface area (TPSA) is 107 Å². The first-order valence-corrected chi connectivity index (χ1v) is 9.85. The molecule has 34 heavy (non-hydrogen) atoms. The number of nitrogens with two attached hydrogens (primary N) is 1. The standard InChI is InChI=1S/C22H20F3N3O5.ClH/c1-32-17-9-27(8-15(17)26)19-14(25)6-11-18(21(19)33-2)28(7-12(20(11)29)22(30)31)16-4-3-10(23)5-13(16)24;/h3-7,15,17H,8-9,26H2,1-2H3,(H,30,31);1H/t15-,17+;/m1./s1. The van der Waals surface area contributed by atoms with Crippen molar-refractivity contribution in [1.29, 1.82) is 0 Å². The summed E-state index contributed by atoms with van der Waals surface area (Å²) in [7, 11) is 2.72. The number of carboxylic acid groups (broad SMARTS) is 1. The van der Waals surface area contributed by atoms with Crippen molar-refractivity contribution in [3.05, 3.63) is 63.7 Å². The molecule has 0 bridgehead atoms. The number of rotatable bonds is 5. The maximum Gasteiger partial charge on any atom is 0.341 e. The van der Waals surface area contributed by atoms with Crippen molar-refractivity contribution in [2.45, 2.75) is 12.1 Å². The Bertz CT molecular complexity index is 1330. The Balaban J connectivity index is 0.00000324. The molecule has 8 nitrogen and oxygen atoms in total. The molecule has 4 rings (SSSR count). The Labute approximate surface area is 197 Å². The first kappa shape index (κ1) is 25.3. The lowest BCUT2D eigenvalue weighted by atomic mass is 10.1. The molecule has 182 valence electrons. The number of pyridine rings is 1. The molecule has 0 radical (unpaired) electrons. The van der Waals surface area contributed by atoms with Gasteiger partial charge < -0.3 is 29.8 Å². The van der Waals surface area contributed by atoms with E-state index in [1.807, 2.05) is 0 Å². The predicted octanol–water partition coefficient (Wildman–Crippen LogP) is 2.70. The molecular weight excluding hydrogens is 479 g/mol. The summed E-state index contributed by atoms with van der Waals surface area (Å²) in [4.78, 5) is 26.1. The van der Waals surface area contributed by atoms with Crippen LogP contribution in [0.3, 0.4) is 0 Å². The van der Waals surface area contributed by atoms with Crippen LogP contribution < -0.4 is 20.8 Å². The molecule has 1 aromatic heterocycles. The second-order valence-corrected chi connectivity index (χ2v) is 7.62. The molecule has 2 heterocycles. The minimum absolute atomic E-state index is 0. The van der Waals surface area contributed by atoms with Crippen LogP contribution in [-0.2, 0) is 4.74 Å². The van der Waals surface area contributed by atoms with E-state index in [0.717, 1.165) is 29.0 Å². The molecule has 3 N–H and O–H groups in total. The summed E-state index contributed by atoms with van der Waals surface area (Å²) in [6, 6.07) is 3.11. The van der Waals surface area contributed by atoms with Gasteiger partial charge in [0.2, 0.25) is 5.43 Å². The lowest BCUT2D eigenvalue weighted by Gasteiger charge is -2.24. The number of carbonyl (C=O) groups is 1. The number of aromatic carboxylic acids is 1. The van der Waals surface area contributed by atoms with Crippen molar-refractivity contribution in [2.24, 2.45) is 5.73 Å². The maximum atomic E-state index is 15.3. The number of halogens is 4. The lowest BCUT2D eigenvalue weighted by molar-refractivity contribution is 0.0695. The van der Waals surface area contributed by atoms with E-state index in [-0.39, 0.29) is 53.5 Å². The molecule has 2 aromatic carbocycles. The highest BCUT2D eigenvalue weighted by atomic mass is 35.5. The molecule has 0 unspecified atom stereocenters. The van der Waals surface area contributed by atoms with Crippen LogP contribution in [-0.4, -0.2) is 55.1 Å². The van der Waals surface area contributed by atoms with Gasteiger partial charge in [0.15, 0.2) is 11.6 Å². The maximum absolute atomic E-state index is 15.3. The molecule has 0 saturated carbocycles. The largest absolute Gasteiger partial charge is 0.492 e. The predicted molar refractivity (Wildman–Crippen MR) is 121 cm³/mol. The average Bonchev–Trinajstić information content (AvgIpc) is 3.13. The molecule has 2 atom stereocenters. The number of hydrogen-bond donors (Lipinski definition) is 2. The van der Waals surface area contributed by atoms with Gasteiger partial charge in [-0.2, -0.15) is 0 Å². The quantitative estimate of drug-likeness (QED) is 0.556. The van der Waals surface area contributed by atoms with Crippen LogP contribution in [0.4, 0.5) is 18.9 Å². The molecular formula is C22H21ClF3N3O5. The van der Waals surface area contributed by atoms with E-state index in [4.69, 9.17) is 15.2 Å². The van der Waals surface area contributed by atoms with E-state index in [1.165, 1.54) is 14.2 Å². The van der Waals surface area contributed by atoms with Gasteiger partial charge in [-0.25, -0.2) is 18.0 Å². The molecule has 1 aliphatic heterocycles. The van der Waals surface area contributed by atoms with Crippen LogP contribution in [0.2, 0.25) is 0 Å². The summed E-state index contributed by atoms with van der Waals surface area (Å²) < 4.78 is 55.4. The van der Waals surface area contributed by atoms with Gasteiger partial charge in [-0.1, -0.05) is 0 Å². The molecule has 0 spiro atoms. The van der Waals surface area contributed by atoms with Gasteiger partial charge >= 0.3 is 5.97 Å².